The van der Waals surface area contributed by atoms with E-state index >= 15 is 0 Å². The highest BCUT2D eigenvalue weighted by molar-refractivity contribution is 5.93. The zero-order valence-electron chi connectivity index (χ0n) is 12.5. The predicted molar refractivity (Wildman–Crippen MR) is 86.0 cm³/mol. The molecule has 0 fully saturated rings. The maximum atomic E-state index is 11.9. The molecule has 6 heteroatoms. The standard InChI is InChI=1S/C17H15N3O3/c1-12(21)19-14-6-8-15(9-7-14)20-17(22)11-23-16-5-3-2-4-13(16)10-18/h2-9H,11H2,1H3,(H,19,21)(H,20,22). The fourth-order valence-corrected chi connectivity index (χ4v) is 1.87. The molecule has 0 saturated carbocycles. The highest BCUT2D eigenvalue weighted by Gasteiger charge is 2.07. The van der Waals surface area contributed by atoms with E-state index in [4.69, 9.17) is 10.00 Å². The minimum Gasteiger partial charge on any atom is -0.482 e. The van der Waals surface area contributed by atoms with Crippen LogP contribution < -0.4 is 15.4 Å². The number of para-hydroxylation sites is 1. The van der Waals surface area contributed by atoms with Gasteiger partial charge in [0.1, 0.15) is 11.8 Å². The first-order valence-electron chi connectivity index (χ1n) is 6.88. The third-order valence-electron chi connectivity index (χ3n) is 2.86. The van der Waals surface area contributed by atoms with E-state index in [1.54, 1.807) is 48.5 Å². The van der Waals surface area contributed by atoms with Crippen LogP contribution in [0, 0.1) is 11.3 Å². The van der Waals surface area contributed by atoms with Crippen LogP contribution in [0.2, 0.25) is 0 Å². The van der Waals surface area contributed by atoms with E-state index in [9.17, 15) is 9.59 Å². The summed E-state index contributed by atoms with van der Waals surface area (Å²) in [4.78, 5) is 22.8. The van der Waals surface area contributed by atoms with Gasteiger partial charge >= 0.3 is 0 Å². The Morgan fingerprint density at radius 1 is 1.04 bits per heavy atom. The van der Waals surface area contributed by atoms with Crippen LogP contribution in [0.25, 0.3) is 0 Å². The molecule has 2 N–H and O–H groups in total. The van der Waals surface area contributed by atoms with E-state index in [0.29, 0.717) is 22.7 Å². The molecule has 0 aliphatic heterocycles. The Balaban J connectivity index is 1.90. The van der Waals surface area contributed by atoms with Crippen molar-refractivity contribution < 1.29 is 14.3 Å². The molecule has 23 heavy (non-hydrogen) atoms. The van der Waals surface area contributed by atoms with Crippen LogP contribution in [-0.4, -0.2) is 18.4 Å². The van der Waals surface area contributed by atoms with Crippen LogP contribution >= 0.6 is 0 Å². The third kappa shape index (κ3) is 4.86. The first-order chi connectivity index (χ1) is 11.1. The minimum atomic E-state index is -0.343. The smallest absolute Gasteiger partial charge is 0.262 e. The molecule has 2 aromatic carbocycles. The third-order valence-corrected chi connectivity index (χ3v) is 2.86. The second-order valence-electron chi connectivity index (χ2n) is 4.70. The van der Waals surface area contributed by atoms with Crippen molar-refractivity contribution in [1.82, 2.24) is 0 Å². The lowest BCUT2D eigenvalue weighted by Crippen LogP contribution is -2.20. The van der Waals surface area contributed by atoms with Crippen LogP contribution in [0.5, 0.6) is 5.75 Å². The van der Waals surface area contributed by atoms with Gasteiger partial charge in [-0.1, -0.05) is 12.1 Å². The first kappa shape index (κ1) is 16.0. The Morgan fingerprint density at radius 3 is 2.26 bits per heavy atom. The van der Waals surface area contributed by atoms with Crippen LogP contribution in [0.3, 0.4) is 0 Å². The molecule has 2 amide bonds. The Labute approximate surface area is 133 Å². The molecule has 0 radical (unpaired) electrons. The molecule has 116 valence electrons. The fraction of sp³-hybridized carbons (Fsp3) is 0.118. The largest absolute Gasteiger partial charge is 0.482 e. The molecular weight excluding hydrogens is 294 g/mol. The number of benzene rings is 2. The van der Waals surface area contributed by atoms with Gasteiger partial charge in [0.25, 0.3) is 5.91 Å². The summed E-state index contributed by atoms with van der Waals surface area (Å²) in [5.74, 6) is -0.137. The summed E-state index contributed by atoms with van der Waals surface area (Å²) in [5, 5.41) is 14.3. The number of ether oxygens (including phenoxy) is 1. The number of hydrogen-bond acceptors (Lipinski definition) is 4. The zero-order valence-corrected chi connectivity index (χ0v) is 12.5. The van der Waals surface area contributed by atoms with Gasteiger partial charge in [0.2, 0.25) is 5.91 Å². The van der Waals surface area contributed by atoms with E-state index in [-0.39, 0.29) is 18.4 Å². The van der Waals surface area contributed by atoms with Crippen molar-refractivity contribution >= 4 is 23.2 Å². The monoisotopic (exact) mass is 309 g/mol. The number of hydrogen-bond donors (Lipinski definition) is 2. The lowest BCUT2D eigenvalue weighted by Gasteiger charge is -2.09. The average Bonchev–Trinajstić information content (AvgIpc) is 2.54. The van der Waals surface area contributed by atoms with Crippen molar-refractivity contribution in [3.05, 3.63) is 54.1 Å². The van der Waals surface area contributed by atoms with Crippen LogP contribution in [0.4, 0.5) is 11.4 Å². The number of carbonyl (C=O) groups is 2. The summed E-state index contributed by atoms with van der Waals surface area (Å²) in [6.45, 7) is 1.22. The summed E-state index contributed by atoms with van der Waals surface area (Å²) in [7, 11) is 0. The van der Waals surface area contributed by atoms with E-state index < -0.39 is 0 Å². The van der Waals surface area contributed by atoms with Gasteiger partial charge in [-0.2, -0.15) is 5.26 Å². The summed E-state index contributed by atoms with van der Waals surface area (Å²) in [6, 6.07) is 15.4. The number of anilines is 2. The second-order valence-corrected chi connectivity index (χ2v) is 4.70. The van der Waals surface area contributed by atoms with Gasteiger partial charge in [0, 0.05) is 18.3 Å². The van der Waals surface area contributed by atoms with Crippen LogP contribution in [0.15, 0.2) is 48.5 Å². The van der Waals surface area contributed by atoms with Crippen molar-refractivity contribution in [3.8, 4) is 11.8 Å². The average molecular weight is 309 g/mol. The molecule has 0 spiro atoms. The number of nitriles is 1. The fourth-order valence-electron chi connectivity index (χ4n) is 1.87. The van der Waals surface area contributed by atoms with Gasteiger partial charge in [-0.25, -0.2) is 0 Å². The molecule has 0 aromatic heterocycles. The van der Waals surface area contributed by atoms with Gasteiger partial charge in [-0.05, 0) is 36.4 Å². The molecule has 2 aromatic rings. The highest BCUT2D eigenvalue weighted by atomic mass is 16.5. The van der Waals surface area contributed by atoms with E-state index in [1.165, 1.54) is 6.92 Å². The molecule has 2 rings (SSSR count). The van der Waals surface area contributed by atoms with Crippen molar-refractivity contribution in [2.24, 2.45) is 0 Å². The number of amides is 2. The summed E-state index contributed by atoms with van der Waals surface area (Å²) in [5.41, 5.74) is 1.61. The molecule has 0 heterocycles. The van der Waals surface area contributed by atoms with Crippen molar-refractivity contribution in [1.29, 1.82) is 5.26 Å². The molecular formula is C17H15N3O3. The molecule has 0 saturated heterocycles. The van der Waals surface area contributed by atoms with Crippen molar-refractivity contribution in [2.45, 2.75) is 6.92 Å². The van der Waals surface area contributed by atoms with Crippen LogP contribution in [0.1, 0.15) is 12.5 Å². The predicted octanol–water partition coefficient (Wildman–Crippen LogP) is 2.53. The van der Waals surface area contributed by atoms with Crippen LogP contribution in [-0.2, 0) is 9.59 Å². The maximum absolute atomic E-state index is 11.9. The maximum Gasteiger partial charge on any atom is 0.262 e. The molecule has 0 unspecified atom stereocenters. The topological polar surface area (TPSA) is 91.2 Å². The van der Waals surface area contributed by atoms with E-state index in [0.717, 1.165) is 0 Å². The highest BCUT2D eigenvalue weighted by Crippen LogP contribution is 2.17. The van der Waals surface area contributed by atoms with E-state index in [1.807, 2.05) is 6.07 Å². The Bertz CT molecular complexity index is 748. The second kappa shape index (κ2) is 7.61. The number of rotatable bonds is 5. The quantitative estimate of drug-likeness (QED) is 0.888. The lowest BCUT2D eigenvalue weighted by molar-refractivity contribution is -0.118. The SMILES string of the molecule is CC(=O)Nc1ccc(NC(=O)COc2ccccc2C#N)cc1. The molecule has 0 aliphatic rings. The van der Waals surface area contributed by atoms with Crippen molar-refractivity contribution in [3.63, 3.8) is 0 Å². The van der Waals surface area contributed by atoms with Gasteiger partial charge in [-0.15, -0.1) is 0 Å². The molecule has 6 nitrogen and oxygen atoms in total. The number of nitrogens with zero attached hydrogens (tertiary/aromatic N) is 1. The van der Waals surface area contributed by atoms with Gasteiger partial charge < -0.3 is 15.4 Å². The van der Waals surface area contributed by atoms with Crippen molar-refractivity contribution in [2.75, 3.05) is 17.2 Å². The Hall–Kier alpha value is -3.33. The molecule has 0 atom stereocenters. The minimum absolute atomic E-state index is 0.161. The summed E-state index contributed by atoms with van der Waals surface area (Å²) >= 11 is 0. The normalized spacial score (nSPS) is 9.57. The van der Waals surface area contributed by atoms with Gasteiger partial charge in [-0.3, -0.25) is 9.59 Å². The number of carbonyl (C=O) groups excluding carboxylic acids is 2. The zero-order chi connectivity index (χ0) is 16.7. The number of nitrogens with one attached hydrogen (secondary N) is 2. The summed E-state index contributed by atoms with van der Waals surface area (Å²) < 4.78 is 5.35. The Morgan fingerprint density at radius 2 is 1.65 bits per heavy atom. The Kier molecular flexibility index (Phi) is 5.31. The molecule has 0 bridgehead atoms. The summed E-state index contributed by atoms with van der Waals surface area (Å²) in [6.07, 6.45) is 0. The lowest BCUT2D eigenvalue weighted by atomic mass is 10.2. The van der Waals surface area contributed by atoms with Gasteiger partial charge in [0.05, 0.1) is 5.56 Å². The molecule has 0 aliphatic carbocycles. The first-order valence-corrected chi connectivity index (χ1v) is 6.88. The van der Waals surface area contributed by atoms with Gasteiger partial charge in [0.15, 0.2) is 6.61 Å². The van der Waals surface area contributed by atoms with E-state index in [2.05, 4.69) is 10.6 Å².